The Labute approximate surface area is 117 Å². The van der Waals surface area contributed by atoms with E-state index < -0.39 is 0 Å². The van der Waals surface area contributed by atoms with Gasteiger partial charge >= 0.3 is 0 Å². The molecule has 0 nitrogen and oxygen atoms in total. The molecule has 17 heavy (non-hydrogen) atoms. The first kappa shape index (κ1) is 11.5. The van der Waals surface area contributed by atoms with Crippen LogP contribution in [0.4, 0.5) is 0 Å². The predicted octanol–water partition coefficient (Wildman–Crippen LogP) is 5.76. The number of benzene rings is 1. The van der Waals surface area contributed by atoms with E-state index in [4.69, 9.17) is 0 Å². The van der Waals surface area contributed by atoms with Gasteiger partial charge in [-0.1, -0.05) is 34.1 Å². The van der Waals surface area contributed by atoms with Gasteiger partial charge in [-0.3, -0.25) is 0 Å². The van der Waals surface area contributed by atoms with Crippen LogP contribution in [0.3, 0.4) is 0 Å². The van der Waals surface area contributed by atoms with Crippen molar-refractivity contribution in [2.24, 2.45) is 0 Å². The van der Waals surface area contributed by atoms with Crippen molar-refractivity contribution in [3.8, 4) is 0 Å². The molecular formula is C14H11BrS2. The van der Waals surface area contributed by atoms with Crippen LogP contribution in [-0.4, -0.2) is 0 Å². The highest BCUT2D eigenvalue weighted by molar-refractivity contribution is 9.09. The van der Waals surface area contributed by atoms with Crippen molar-refractivity contribution in [2.45, 2.75) is 11.8 Å². The van der Waals surface area contributed by atoms with Crippen molar-refractivity contribution in [1.29, 1.82) is 0 Å². The van der Waals surface area contributed by atoms with Gasteiger partial charge in [0.25, 0.3) is 0 Å². The number of fused-ring (bicyclic) bond motifs is 1. The molecule has 86 valence electrons. The average Bonchev–Trinajstić information content (AvgIpc) is 2.94. The number of halogens is 1. The van der Waals surface area contributed by atoms with Crippen LogP contribution < -0.4 is 0 Å². The van der Waals surface area contributed by atoms with E-state index in [1.54, 1.807) is 0 Å². The van der Waals surface area contributed by atoms with Gasteiger partial charge in [-0.25, -0.2) is 0 Å². The van der Waals surface area contributed by atoms with Gasteiger partial charge in [-0.2, -0.15) is 0 Å². The van der Waals surface area contributed by atoms with E-state index >= 15 is 0 Å². The Morgan fingerprint density at radius 1 is 1.12 bits per heavy atom. The van der Waals surface area contributed by atoms with Gasteiger partial charge in [0.1, 0.15) is 0 Å². The zero-order valence-electron chi connectivity index (χ0n) is 9.31. The summed E-state index contributed by atoms with van der Waals surface area (Å²) < 4.78 is 1.36. The highest BCUT2D eigenvalue weighted by Crippen LogP contribution is 2.41. The second-order valence-electron chi connectivity index (χ2n) is 4.02. The summed E-state index contributed by atoms with van der Waals surface area (Å²) in [6, 6.07) is 10.8. The zero-order chi connectivity index (χ0) is 11.8. The van der Waals surface area contributed by atoms with Crippen LogP contribution >= 0.6 is 38.6 Å². The fraction of sp³-hybridized carbons (Fsp3) is 0.143. The third-order valence-corrected chi connectivity index (χ3v) is 6.24. The molecule has 0 saturated carbocycles. The Balaban J connectivity index is 2.13. The molecule has 2 heterocycles. The number of thiophene rings is 2. The van der Waals surface area contributed by atoms with Crippen LogP contribution in [0.1, 0.15) is 20.8 Å². The number of hydrogen-bond donors (Lipinski definition) is 0. The summed E-state index contributed by atoms with van der Waals surface area (Å²) in [6.45, 7) is 2.18. The maximum Gasteiger partial charge on any atom is 0.0754 e. The predicted molar refractivity (Wildman–Crippen MR) is 81.7 cm³/mol. The van der Waals surface area contributed by atoms with Crippen LogP contribution in [0, 0.1) is 6.92 Å². The Hall–Kier alpha value is -0.640. The van der Waals surface area contributed by atoms with Crippen LogP contribution in [0.2, 0.25) is 0 Å². The molecule has 0 bridgehead atoms. The van der Waals surface area contributed by atoms with Crippen molar-refractivity contribution in [2.75, 3.05) is 0 Å². The molecule has 1 unspecified atom stereocenters. The number of hydrogen-bond acceptors (Lipinski definition) is 2. The summed E-state index contributed by atoms with van der Waals surface area (Å²) in [7, 11) is 0. The average molecular weight is 323 g/mol. The molecule has 0 fully saturated rings. The largest absolute Gasteiger partial charge is 0.147 e. The highest BCUT2D eigenvalue weighted by atomic mass is 79.9. The van der Waals surface area contributed by atoms with Gasteiger partial charge in [-0.05, 0) is 46.3 Å². The van der Waals surface area contributed by atoms with Gasteiger partial charge < -0.3 is 0 Å². The summed E-state index contributed by atoms with van der Waals surface area (Å²) >= 11 is 7.48. The Bertz CT molecular complexity index is 651. The quantitative estimate of drug-likeness (QED) is 0.526. The Morgan fingerprint density at radius 2 is 1.94 bits per heavy atom. The normalized spacial score (nSPS) is 13.1. The summed E-state index contributed by atoms with van der Waals surface area (Å²) in [5.41, 5.74) is 2.75. The van der Waals surface area contributed by atoms with E-state index in [0.29, 0.717) is 4.83 Å². The summed E-state index contributed by atoms with van der Waals surface area (Å²) in [4.78, 5) is 1.73. The molecule has 0 saturated heterocycles. The molecular weight excluding hydrogens is 312 g/mol. The van der Waals surface area contributed by atoms with Gasteiger partial charge in [0.15, 0.2) is 0 Å². The molecule has 1 atom stereocenters. The molecule has 3 rings (SSSR count). The maximum absolute atomic E-state index is 3.84. The highest BCUT2D eigenvalue weighted by Gasteiger charge is 2.17. The number of alkyl halides is 1. The third kappa shape index (κ3) is 1.96. The minimum Gasteiger partial charge on any atom is -0.147 e. The summed E-state index contributed by atoms with van der Waals surface area (Å²) in [5, 5.41) is 5.80. The lowest BCUT2D eigenvalue weighted by Crippen LogP contribution is -1.89. The van der Waals surface area contributed by atoms with Gasteiger partial charge in [0.2, 0.25) is 0 Å². The lowest BCUT2D eigenvalue weighted by molar-refractivity contribution is 1.23. The molecule has 2 aromatic heterocycles. The smallest absolute Gasteiger partial charge is 0.0754 e. The van der Waals surface area contributed by atoms with Crippen molar-refractivity contribution in [3.63, 3.8) is 0 Å². The van der Waals surface area contributed by atoms with E-state index in [9.17, 15) is 0 Å². The standard InChI is InChI=1S/C14H11BrS2/c1-9-6-7-16-14(9)13(15)11-8-17-12-5-3-2-4-10(11)12/h2-8,13H,1H3. The van der Waals surface area contributed by atoms with Crippen molar-refractivity contribution in [1.82, 2.24) is 0 Å². The van der Waals surface area contributed by atoms with Crippen molar-refractivity contribution >= 4 is 48.7 Å². The first-order chi connectivity index (χ1) is 8.27. The lowest BCUT2D eigenvalue weighted by Gasteiger charge is -2.08. The summed E-state index contributed by atoms with van der Waals surface area (Å²) in [5.74, 6) is 0. The van der Waals surface area contributed by atoms with E-state index in [-0.39, 0.29) is 0 Å². The lowest BCUT2D eigenvalue weighted by atomic mass is 10.1. The Morgan fingerprint density at radius 3 is 2.71 bits per heavy atom. The van der Waals surface area contributed by atoms with E-state index in [2.05, 4.69) is 63.9 Å². The fourth-order valence-electron chi connectivity index (χ4n) is 1.98. The first-order valence-electron chi connectivity index (χ1n) is 5.41. The molecule has 0 radical (unpaired) electrons. The molecule has 1 aromatic carbocycles. The second kappa shape index (κ2) is 4.56. The molecule has 3 aromatic rings. The minimum absolute atomic E-state index is 0.318. The monoisotopic (exact) mass is 322 g/mol. The minimum atomic E-state index is 0.318. The third-order valence-electron chi connectivity index (χ3n) is 2.92. The van der Waals surface area contributed by atoms with Crippen molar-refractivity contribution < 1.29 is 0 Å². The first-order valence-corrected chi connectivity index (χ1v) is 8.09. The Kier molecular flexibility index (Phi) is 3.07. The fourth-order valence-corrected chi connectivity index (χ4v) is 5.12. The van der Waals surface area contributed by atoms with E-state index in [0.717, 1.165) is 0 Å². The summed E-state index contributed by atoms with van der Waals surface area (Å²) in [6.07, 6.45) is 0. The maximum atomic E-state index is 3.84. The van der Waals surface area contributed by atoms with Crippen molar-refractivity contribution in [3.05, 3.63) is 57.1 Å². The van der Waals surface area contributed by atoms with E-state index in [1.165, 1.54) is 26.1 Å². The molecule has 0 aliphatic carbocycles. The number of rotatable bonds is 2. The van der Waals surface area contributed by atoms with Gasteiger partial charge in [-0.15, -0.1) is 22.7 Å². The molecule has 0 spiro atoms. The molecule has 3 heteroatoms. The molecule has 0 N–H and O–H groups in total. The second-order valence-corrected chi connectivity index (χ2v) is 6.79. The van der Waals surface area contributed by atoms with E-state index in [1.807, 2.05) is 22.7 Å². The van der Waals surface area contributed by atoms with Gasteiger partial charge in [0, 0.05) is 9.58 Å². The van der Waals surface area contributed by atoms with Crippen LogP contribution in [-0.2, 0) is 0 Å². The topological polar surface area (TPSA) is 0 Å². The van der Waals surface area contributed by atoms with Crippen LogP contribution in [0.5, 0.6) is 0 Å². The molecule has 0 amide bonds. The molecule has 0 aliphatic heterocycles. The van der Waals surface area contributed by atoms with Crippen LogP contribution in [0.25, 0.3) is 10.1 Å². The zero-order valence-corrected chi connectivity index (χ0v) is 12.5. The van der Waals surface area contributed by atoms with Crippen LogP contribution in [0.15, 0.2) is 41.1 Å². The SMILES string of the molecule is Cc1ccsc1C(Br)c1csc2ccccc12. The van der Waals surface area contributed by atoms with Gasteiger partial charge in [0.05, 0.1) is 4.83 Å². The molecule has 0 aliphatic rings. The number of aryl methyl sites for hydroxylation is 1.